The molecule has 0 fully saturated rings. The third-order valence-corrected chi connectivity index (χ3v) is 2.23. The van der Waals surface area contributed by atoms with Crippen molar-refractivity contribution in [1.29, 1.82) is 0 Å². The van der Waals surface area contributed by atoms with E-state index in [1.54, 1.807) is 0 Å². The Kier molecular flexibility index (Phi) is 4.81. The molecule has 0 saturated carbocycles. The Bertz CT molecular complexity index is 323. The van der Waals surface area contributed by atoms with Crippen molar-refractivity contribution in [1.82, 2.24) is 0 Å². The second-order valence-electron chi connectivity index (χ2n) is 3.51. The van der Waals surface area contributed by atoms with Gasteiger partial charge in [-0.1, -0.05) is 24.3 Å². The minimum Gasteiger partial charge on any atom is -0.481 e. The molecule has 1 aromatic carbocycles. The van der Waals surface area contributed by atoms with E-state index in [9.17, 15) is 9.18 Å². The number of rotatable bonds is 6. The van der Waals surface area contributed by atoms with Crippen molar-refractivity contribution >= 4 is 5.97 Å². The molecule has 15 heavy (non-hydrogen) atoms. The number of carboxylic acid groups (broad SMARTS) is 1. The smallest absolute Gasteiger partial charge is 0.303 e. The third kappa shape index (κ3) is 4.58. The molecule has 2 nitrogen and oxygen atoms in total. The van der Waals surface area contributed by atoms with Crippen LogP contribution in [0.2, 0.25) is 0 Å². The third-order valence-electron chi connectivity index (χ3n) is 2.23. The second kappa shape index (κ2) is 6.17. The van der Waals surface area contributed by atoms with Gasteiger partial charge in [-0.3, -0.25) is 9.18 Å². The molecule has 0 unspecified atom stereocenters. The van der Waals surface area contributed by atoms with Crippen LogP contribution in [0.15, 0.2) is 24.3 Å². The number of benzene rings is 1. The summed E-state index contributed by atoms with van der Waals surface area (Å²) in [4.78, 5) is 10.3. The lowest BCUT2D eigenvalue weighted by molar-refractivity contribution is -0.137. The lowest BCUT2D eigenvalue weighted by Crippen LogP contribution is -1.96. The van der Waals surface area contributed by atoms with Gasteiger partial charge in [-0.2, -0.15) is 0 Å². The van der Waals surface area contributed by atoms with Crippen LogP contribution < -0.4 is 0 Å². The fraction of sp³-hybridized carbons (Fsp3) is 0.417. The average molecular weight is 210 g/mol. The summed E-state index contributed by atoms with van der Waals surface area (Å²) >= 11 is 0. The Balaban J connectivity index is 2.46. The molecule has 82 valence electrons. The van der Waals surface area contributed by atoms with Crippen LogP contribution in [0.3, 0.4) is 0 Å². The Hall–Kier alpha value is -1.38. The highest BCUT2D eigenvalue weighted by Crippen LogP contribution is 2.09. The Labute approximate surface area is 88.7 Å². The van der Waals surface area contributed by atoms with Crippen molar-refractivity contribution in [3.05, 3.63) is 35.4 Å². The molecule has 0 amide bonds. The van der Waals surface area contributed by atoms with Crippen LogP contribution in [0.4, 0.5) is 4.39 Å². The molecular weight excluding hydrogens is 195 g/mol. The summed E-state index contributed by atoms with van der Waals surface area (Å²) in [6.45, 7) is -0.349. The quantitative estimate of drug-likeness (QED) is 0.783. The van der Waals surface area contributed by atoms with E-state index in [-0.39, 0.29) is 13.1 Å². The van der Waals surface area contributed by atoms with E-state index >= 15 is 0 Å². The Morgan fingerprint density at radius 1 is 1.27 bits per heavy atom. The number of carboxylic acids is 1. The summed E-state index contributed by atoms with van der Waals surface area (Å²) in [5, 5.41) is 8.48. The highest BCUT2D eigenvalue weighted by molar-refractivity contribution is 5.66. The van der Waals surface area contributed by atoms with Gasteiger partial charge in [-0.05, 0) is 24.0 Å². The van der Waals surface area contributed by atoms with Crippen molar-refractivity contribution < 1.29 is 14.3 Å². The summed E-state index contributed by atoms with van der Waals surface area (Å²) in [5.74, 6) is -0.769. The highest BCUT2D eigenvalue weighted by Gasteiger charge is 1.99. The van der Waals surface area contributed by atoms with Crippen LogP contribution in [-0.4, -0.2) is 17.8 Å². The summed E-state index contributed by atoms with van der Waals surface area (Å²) < 4.78 is 12.1. The van der Waals surface area contributed by atoms with Gasteiger partial charge in [0.1, 0.15) is 0 Å². The lowest BCUT2D eigenvalue weighted by atomic mass is 10.0. The molecule has 1 aromatic rings. The van der Waals surface area contributed by atoms with Gasteiger partial charge in [-0.15, -0.1) is 0 Å². The maximum Gasteiger partial charge on any atom is 0.303 e. The standard InChI is InChI=1S/C12H15FO2/c13-8-7-11-4-1-3-10(9-11)5-2-6-12(14)15/h1,3-4,9H,2,5-8H2,(H,14,15). The molecule has 1 rings (SSSR count). The molecular formula is C12H15FO2. The maximum atomic E-state index is 12.1. The normalized spacial score (nSPS) is 10.2. The van der Waals surface area contributed by atoms with E-state index in [0.29, 0.717) is 12.8 Å². The van der Waals surface area contributed by atoms with Crippen molar-refractivity contribution in [2.75, 3.05) is 6.67 Å². The largest absolute Gasteiger partial charge is 0.481 e. The predicted octanol–water partition coefficient (Wildman–Crippen LogP) is 2.61. The maximum absolute atomic E-state index is 12.1. The minimum absolute atomic E-state index is 0.188. The number of aliphatic carboxylic acids is 1. The number of aryl methyl sites for hydroxylation is 2. The van der Waals surface area contributed by atoms with Gasteiger partial charge in [-0.25, -0.2) is 0 Å². The van der Waals surface area contributed by atoms with Crippen molar-refractivity contribution in [3.63, 3.8) is 0 Å². The Morgan fingerprint density at radius 3 is 2.53 bits per heavy atom. The first kappa shape index (κ1) is 11.7. The SMILES string of the molecule is O=C(O)CCCc1cccc(CCF)c1. The predicted molar refractivity (Wildman–Crippen MR) is 56.7 cm³/mol. The van der Waals surface area contributed by atoms with Gasteiger partial charge >= 0.3 is 5.97 Å². The van der Waals surface area contributed by atoms with Crippen molar-refractivity contribution in [2.45, 2.75) is 25.7 Å². The lowest BCUT2D eigenvalue weighted by Gasteiger charge is -2.02. The van der Waals surface area contributed by atoms with Crippen LogP contribution in [0.5, 0.6) is 0 Å². The fourth-order valence-corrected chi connectivity index (χ4v) is 1.49. The van der Waals surface area contributed by atoms with E-state index < -0.39 is 5.97 Å². The van der Waals surface area contributed by atoms with Gasteiger partial charge in [0.25, 0.3) is 0 Å². The molecule has 3 heteroatoms. The first-order valence-electron chi connectivity index (χ1n) is 5.08. The average Bonchev–Trinajstić information content (AvgIpc) is 2.18. The molecule has 0 aromatic heterocycles. The first-order chi connectivity index (χ1) is 7.22. The molecule has 0 bridgehead atoms. The summed E-state index contributed by atoms with van der Waals surface area (Å²) in [5.41, 5.74) is 2.06. The molecule has 0 aliphatic heterocycles. The van der Waals surface area contributed by atoms with Gasteiger partial charge < -0.3 is 5.11 Å². The molecule has 0 atom stereocenters. The zero-order chi connectivity index (χ0) is 11.1. The van der Waals surface area contributed by atoms with Gasteiger partial charge in [0.15, 0.2) is 0 Å². The van der Waals surface area contributed by atoms with Crippen molar-refractivity contribution in [3.8, 4) is 0 Å². The van der Waals surface area contributed by atoms with Gasteiger partial charge in [0.05, 0.1) is 6.67 Å². The molecule has 1 N–H and O–H groups in total. The van der Waals surface area contributed by atoms with E-state index in [2.05, 4.69) is 0 Å². The summed E-state index contributed by atoms with van der Waals surface area (Å²) in [7, 11) is 0. The van der Waals surface area contributed by atoms with Crippen LogP contribution in [0, 0.1) is 0 Å². The van der Waals surface area contributed by atoms with Crippen LogP contribution >= 0.6 is 0 Å². The number of carbonyl (C=O) groups is 1. The molecule has 0 saturated heterocycles. The number of hydrogen-bond acceptors (Lipinski definition) is 1. The van der Waals surface area contributed by atoms with Crippen LogP contribution in [0.1, 0.15) is 24.0 Å². The van der Waals surface area contributed by atoms with Crippen molar-refractivity contribution in [2.24, 2.45) is 0 Å². The Morgan fingerprint density at radius 2 is 1.93 bits per heavy atom. The van der Waals surface area contributed by atoms with Gasteiger partial charge in [0.2, 0.25) is 0 Å². The monoisotopic (exact) mass is 210 g/mol. The van der Waals surface area contributed by atoms with E-state index in [0.717, 1.165) is 17.5 Å². The molecule has 0 heterocycles. The molecule has 0 spiro atoms. The van der Waals surface area contributed by atoms with E-state index in [1.807, 2.05) is 24.3 Å². The minimum atomic E-state index is -0.769. The van der Waals surface area contributed by atoms with E-state index in [4.69, 9.17) is 5.11 Å². The number of alkyl halides is 1. The van der Waals surface area contributed by atoms with Crippen LogP contribution in [-0.2, 0) is 17.6 Å². The number of hydrogen-bond donors (Lipinski definition) is 1. The molecule has 0 aliphatic carbocycles. The van der Waals surface area contributed by atoms with Crippen LogP contribution in [0.25, 0.3) is 0 Å². The summed E-state index contributed by atoms with van der Waals surface area (Å²) in [6, 6.07) is 7.67. The fourth-order valence-electron chi connectivity index (χ4n) is 1.49. The summed E-state index contributed by atoms with van der Waals surface area (Å²) in [6.07, 6.45) is 2.00. The van der Waals surface area contributed by atoms with E-state index in [1.165, 1.54) is 0 Å². The second-order valence-corrected chi connectivity index (χ2v) is 3.51. The molecule has 0 aliphatic rings. The first-order valence-corrected chi connectivity index (χ1v) is 5.08. The zero-order valence-corrected chi connectivity index (χ0v) is 8.58. The highest BCUT2D eigenvalue weighted by atomic mass is 19.1. The zero-order valence-electron chi connectivity index (χ0n) is 8.58. The number of halogens is 1. The topological polar surface area (TPSA) is 37.3 Å². The molecule has 0 radical (unpaired) electrons. The van der Waals surface area contributed by atoms with Gasteiger partial charge in [0, 0.05) is 12.8 Å².